The van der Waals surface area contributed by atoms with E-state index in [0.29, 0.717) is 5.88 Å². The molecule has 2 heterocycles. The van der Waals surface area contributed by atoms with E-state index in [1.807, 2.05) is 0 Å². The molecule has 1 unspecified atom stereocenters. The van der Waals surface area contributed by atoms with Gasteiger partial charge in [0.2, 0.25) is 0 Å². The lowest BCUT2D eigenvalue weighted by atomic mass is 10.1. The van der Waals surface area contributed by atoms with Crippen molar-refractivity contribution in [1.82, 2.24) is 14.5 Å². The van der Waals surface area contributed by atoms with Crippen LogP contribution in [0.5, 0.6) is 0 Å². The minimum atomic E-state index is 0.484. The highest BCUT2D eigenvalue weighted by Gasteiger charge is 2.23. The van der Waals surface area contributed by atoms with Crippen molar-refractivity contribution in [3.05, 3.63) is 29.6 Å². The van der Waals surface area contributed by atoms with Gasteiger partial charge in [-0.15, -0.1) is 11.6 Å². The standard InChI is InChI=1S/C16H22ClN3/c1-3-19-7-6-13(10-19)11-20-15-5-4-12(2)8-14(15)18-16(20)9-17/h4-5,8,13H,3,6-7,9-11H2,1-2H3. The molecule has 1 aliphatic rings. The van der Waals surface area contributed by atoms with Gasteiger partial charge in [-0.25, -0.2) is 4.98 Å². The van der Waals surface area contributed by atoms with E-state index in [1.54, 1.807) is 0 Å². The normalized spacial score (nSPS) is 20.1. The molecule has 2 aromatic rings. The highest BCUT2D eigenvalue weighted by atomic mass is 35.5. The van der Waals surface area contributed by atoms with E-state index in [-0.39, 0.29) is 0 Å². The Morgan fingerprint density at radius 3 is 2.95 bits per heavy atom. The van der Waals surface area contributed by atoms with Gasteiger partial charge in [-0.3, -0.25) is 0 Å². The Hall–Kier alpha value is -1.06. The van der Waals surface area contributed by atoms with Crippen LogP contribution in [0.1, 0.15) is 24.7 Å². The molecule has 1 saturated heterocycles. The largest absolute Gasteiger partial charge is 0.327 e. The monoisotopic (exact) mass is 291 g/mol. The summed E-state index contributed by atoms with van der Waals surface area (Å²) in [6, 6.07) is 6.49. The summed E-state index contributed by atoms with van der Waals surface area (Å²) in [5, 5.41) is 0. The second kappa shape index (κ2) is 5.74. The van der Waals surface area contributed by atoms with Crippen molar-refractivity contribution in [1.29, 1.82) is 0 Å². The number of hydrogen-bond acceptors (Lipinski definition) is 2. The summed E-state index contributed by atoms with van der Waals surface area (Å²) in [5.41, 5.74) is 3.55. The van der Waals surface area contributed by atoms with Gasteiger partial charge < -0.3 is 9.47 Å². The Labute approximate surface area is 125 Å². The van der Waals surface area contributed by atoms with Gasteiger partial charge in [0.15, 0.2) is 0 Å². The molecule has 0 radical (unpaired) electrons. The van der Waals surface area contributed by atoms with Gasteiger partial charge in [0.1, 0.15) is 5.82 Å². The summed E-state index contributed by atoms with van der Waals surface area (Å²) in [6.07, 6.45) is 1.28. The summed E-state index contributed by atoms with van der Waals surface area (Å²) >= 11 is 6.09. The molecular formula is C16H22ClN3. The van der Waals surface area contributed by atoms with Gasteiger partial charge in [0.05, 0.1) is 16.9 Å². The van der Waals surface area contributed by atoms with E-state index < -0.39 is 0 Å². The average molecular weight is 292 g/mol. The number of benzene rings is 1. The molecule has 3 nitrogen and oxygen atoms in total. The first kappa shape index (κ1) is 13.9. The fourth-order valence-electron chi connectivity index (χ4n) is 3.20. The van der Waals surface area contributed by atoms with Crippen LogP contribution >= 0.6 is 11.6 Å². The molecule has 0 spiro atoms. The van der Waals surface area contributed by atoms with E-state index in [2.05, 4.69) is 41.5 Å². The zero-order valence-corrected chi connectivity index (χ0v) is 13.0. The molecule has 0 N–H and O–H groups in total. The number of nitrogens with zero attached hydrogens (tertiary/aromatic N) is 3. The Morgan fingerprint density at radius 1 is 1.40 bits per heavy atom. The molecule has 0 aliphatic carbocycles. The van der Waals surface area contributed by atoms with Crippen LogP contribution in [0.15, 0.2) is 18.2 Å². The summed E-state index contributed by atoms with van der Waals surface area (Å²) in [7, 11) is 0. The summed E-state index contributed by atoms with van der Waals surface area (Å²) in [6.45, 7) is 8.96. The van der Waals surface area contributed by atoms with Crippen molar-refractivity contribution in [3.8, 4) is 0 Å². The van der Waals surface area contributed by atoms with Crippen LogP contribution in [0.25, 0.3) is 11.0 Å². The molecule has 1 aromatic heterocycles. The van der Waals surface area contributed by atoms with Crippen molar-refractivity contribution in [2.24, 2.45) is 5.92 Å². The van der Waals surface area contributed by atoms with Crippen molar-refractivity contribution < 1.29 is 0 Å². The first-order valence-electron chi connectivity index (χ1n) is 7.45. The number of rotatable bonds is 4. The second-order valence-electron chi connectivity index (χ2n) is 5.81. The highest BCUT2D eigenvalue weighted by Crippen LogP contribution is 2.24. The molecule has 1 atom stereocenters. The van der Waals surface area contributed by atoms with Gasteiger partial charge in [0, 0.05) is 13.1 Å². The van der Waals surface area contributed by atoms with Gasteiger partial charge in [0.25, 0.3) is 0 Å². The third-order valence-electron chi connectivity index (χ3n) is 4.36. The second-order valence-corrected chi connectivity index (χ2v) is 6.08. The maximum atomic E-state index is 6.09. The molecule has 3 rings (SSSR count). The lowest BCUT2D eigenvalue weighted by Gasteiger charge is -2.15. The van der Waals surface area contributed by atoms with Crippen LogP contribution in [-0.2, 0) is 12.4 Å². The third kappa shape index (κ3) is 2.57. The topological polar surface area (TPSA) is 21.1 Å². The van der Waals surface area contributed by atoms with Crippen molar-refractivity contribution in [2.75, 3.05) is 19.6 Å². The summed E-state index contributed by atoms with van der Waals surface area (Å²) in [5.74, 6) is 2.20. The predicted molar refractivity (Wildman–Crippen MR) is 84.2 cm³/mol. The van der Waals surface area contributed by atoms with E-state index in [0.717, 1.165) is 30.3 Å². The molecule has 20 heavy (non-hydrogen) atoms. The Balaban J connectivity index is 1.90. The van der Waals surface area contributed by atoms with E-state index in [4.69, 9.17) is 16.6 Å². The van der Waals surface area contributed by atoms with Crippen molar-refractivity contribution in [3.63, 3.8) is 0 Å². The van der Waals surface area contributed by atoms with Crippen LogP contribution in [-0.4, -0.2) is 34.1 Å². The average Bonchev–Trinajstić information content (AvgIpc) is 3.03. The number of hydrogen-bond donors (Lipinski definition) is 0. The zero-order valence-electron chi connectivity index (χ0n) is 12.3. The highest BCUT2D eigenvalue weighted by molar-refractivity contribution is 6.16. The van der Waals surface area contributed by atoms with E-state index in [9.17, 15) is 0 Å². The molecule has 0 bridgehead atoms. The first-order chi connectivity index (χ1) is 9.71. The van der Waals surface area contributed by atoms with Gasteiger partial charge >= 0.3 is 0 Å². The lowest BCUT2D eigenvalue weighted by Crippen LogP contribution is -2.21. The Kier molecular flexibility index (Phi) is 3.99. The number of imidazole rings is 1. The molecule has 0 amide bonds. The number of alkyl halides is 1. The van der Waals surface area contributed by atoms with Crippen LogP contribution in [0.4, 0.5) is 0 Å². The smallest absolute Gasteiger partial charge is 0.124 e. The number of aromatic nitrogens is 2. The molecule has 108 valence electrons. The van der Waals surface area contributed by atoms with Crippen molar-refractivity contribution >= 4 is 22.6 Å². The fourth-order valence-corrected chi connectivity index (χ4v) is 3.41. The minimum Gasteiger partial charge on any atom is -0.327 e. The molecule has 4 heteroatoms. The van der Waals surface area contributed by atoms with Gasteiger partial charge in [-0.1, -0.05) is 13.0 Å². The predicted octanol–water partition coefficient (Wildman–Crippen LogP) is 3.43. The Morgan fingerprint density at radius 2 is 2.25 bits per heavy atom. The molecule has 1 fully saturated rings. The number of halogens is 1. The maximum absolute atomic E-state index is 6.09. The zero-order chi connectivity index (χ0) is 14.1. The summed E-state index contributed by atoms with van der Waals surface area (Å²) in [4.78, 5) is 7.21. The first-order valence-corrected chi connectivity index (χ1v) is 7.98. The van der Waals surface area contributed by atoms with E-state index >= 15 is 0 Å². The van der Waals surface area contributed by atoms with Gasteiger partial charge in [-0.2, -0.15) is 0 Å². The minimum absolute atomic E-state index is 0.484. The molecule has 1 aliphatic heterocycles. The SMILES string of the molecule is CCN1CCC(Cn2c(CCl)nc3cc(C)ccc32)C1. The quantitative estimate of drug-likeness (QED) is 0.805. The third-order valence-corrected chi connectivity index (χ3v) is 4.60. The number of fused-ring (bicyclic) bond motifs is 1. The summed E-state index contributed by atoms with van der Waals surface area (Å²) < 4.78 is 2.33. The van der Waals surface area contributed by atoms with Crippen molar-refractivity contribution in [2.45, 2.75) is 32.7 Å². The molecular weight excluding hydrogens is 270 g/mol. The maximum Gasteiger partial charge on any atom is 0.124 e. The van der Waals surface area contributed by atoms with Crippen LogP contribution in [0.3, 0.4) is 0 Å². The van der Waals surface area contributed by atoms with E-state index in [1.165, 1.54) is 30.6 Å². The van der Waals surface area contributed by atoms with Gasteiger partial charge in [-0.05, 0) is 50.0 Å². The number of aryl methyl sites for hydroxylation is 1. The fraction of sp³-hybridized carbons (Fsp3) is 0.562. The molecule has 0 saturated carbocycles. The van der Waals surface area contributed by atoms with Crippen LogP contribution in [0, 0.1) is 12.8 Å². The molecule has 1 aromatic carbocycles. The Bertz CT molecular complexity index is 605. The lowest BCUT2D eigenvalue weighted by molar-refractivity contribution is 0.333. The van der Waals surface area contributed by atoms with Crippen LogP contribution in [0.2, 0.25) is 0 Å². The van der Waals surface area contributed by atoms with Crippen LogP contribution < -0.4 is 0 Å². The number of likely N-dealkylation sites (tertiary alicyclic amines) is 1.